The van der Waals surface area contributed by atoms with Crippen molar-refractivity contribution in [3.8, 4) is 0 Å². The largest absolute Gasteiger partial charge is 0.365 e. The van der Waals surface area contributed by atoms with Gasteiger partial charge in [0, 0.05) is 31.1 Å². The SMILES string of the molecule is CC(=O)NC1Cc2ccccc2N(Cc2ccc3cn[nH]c3c2)C1. The van der Waals surface area contributed by atoms with E-state index in [0.717, 1.165) is 30.4 Å². The number of aromatic amines is 1. The quantitative estimate of drug-likeness (QED) is 0.780. The Morgan fingerprint density at radius 1 is 1.33 bits per heavy atom. The number of benzene rings is 2. The number of nitrogens with zero attached hydrogens (tertiary/aromatic N) is 2. The van der Waals surface area contributed by atoms with Crippen molar-refractivity contribution in [2.24, 2.45) is 0 Å². The summed E-state index contributed by atoms with van der Waals surface area (Å²) in [4.78, 5) is 13.8. The number of H-pyrrole nitrogens is 1. The minimum absolute atomic E-state index is 0.0261. The number of anilines is 1. The molecule has 5 heteroatoms. The van der Waals surface area contributed by atoms with E-state index in [1.807, 2.05) is 6.20 Å². The molecule has 2 heterocycles. The van der Waals surface area contributed by atoms with E-state index in [2.05, 4.69) is 62.9 Å². The van der Waals surface area contributed by atoms with Gasteiger partial charge in [0.1, 0.15) is 0 Å². The van der Waals surface area contributed by atoms with Gasteiger partial charge in [-0.25, -0.2) is 0 Å². The number of carbonyl (C=O) groups excluding carboxylic acids is 1. The number of hydrogen-bond donors (Lipinski definition) is 2. The molecule has 2 aromatic carbocycles. The van der Waals surface area contributed by atoms with Crippen LogP contribution in [0.5, 0.6) is 0 Å². The summed E-state index contributed by atoms with van der Waals surface area (Å²) < 4.78 is 0. The highest BCUT2D eigenvalue weighted by Crippen LogP contribution is 2.28. The van der Waals surface area contributed by atoms with E-state index in [0.29, 0.717) is 0 Å². The van der Waals surface area contributed by atoms with Crippen molar-refractivity contribution in [2.75, 3.05) is 11.4 Å². The fourth-order valence-corrected chi connectivity index (χ4v) is 3.52. The summed E-state index contributed by atoms with van der Waals surface area (Å²) in [6.45, 7) is 3.21. The second-order valence-corrected chi connectivity index (χ2v) is 6.40. The summed E-state index contributed by atoms with van der Waals surface area (Å²) >= 11 is 0. The first-order valence-electron chi connectivity index (χ1n) is 8.21. The highest BCUT2D eigenvalue weighted by Gasteiger charge is 2.24. The van der Waals surface area contributed by atoms with Gasteiger partial charge in [0.05, 0.1) is 17.8 Å². The number of hydrogen-bond acceptors (Lipinski definition) is 3. The average Bonchev–Trinajstić information content (AvgIpc) is 3.02. The Hall–Kier alpha value is -2.82. The summed E-state index contributed by atoms with van der Waals surface area (Å²) in [5, 5.41) is 11.3. The summed E-state index contributed by atoms with van der Waals surface area (Å²) in [5.74, 6) is 0.0261. The smallest absolute Gasteiger partial charge is 0.217 e. The minimum Gasteiger partial charge on any atom is -0.365 e. The van der Waals surface area contributed by atoms with Crippen LogP contribution in [-0.2, 0) is 17.8 Å². The topological polar surface area (TPSA) is 61.0 Å². The molecular formula is C19H20N4O. The molecule has 0 bridgehead atoms. The van der Waals surface area contributed by atoms with E-state index in [-0.39, 0.29) is 11.9 Å². The van der Waals surface area contributed by atoms with E-state index in [4.69, 9.17) is 0 Å². The van der Waals surface area contributed by atoms with Crippen molar-refractivity contribution in [1.29, 1.82) is 0 Å². The number of nitrogens with one attached hydrogen (secondary N) is 2. The molecule has 122 valence electrons. The van der Waals surface area contributed by atoms with Crippen LogP contribution in [0.15, 0.2) is 48.7 Å². The summed E-state index contributed by atoms with van der Waals surface area (Å²) in [5.41, 5.74) is 4.81. The lowest BCUT2D eigenvalue weighted by Gasteiger charge is -2.36. The lowest BCUT2D eigenvalue weighted by atomic mass is 9.97. The Kier molecular flexibility index (Phi) is 3.69. The van der Waals surface area contributed by atoms with Gasteiger partial charge in [0.2, 0.25) is 5.91 Å². The molecule has 1 aliphatic rings. The van der Waals surface area contributed by atoms with Gasteiger partial charge in [0.15, 0.2) is 0 Å². The molecule has 0 aliphatic carbocycles. The molecule has 0 fully saturated rings. The van der Waals surface area contributed by atoms with Gasteiger partial charge < -0.3 is 10.2 Å². The molecule has 5 nitrogen and oxygen atoms in total. The Bertz CT molecular complexity index is 886. The van der Waals surface area contributed by atoms with Crippen LogP contribution in [-0.4, -0.2) is 28.7 Å². The third-order valence-electron chi connectivity index (χ3n) is 4.53. The molecule has 24 heavy (non-hydrogen) atoms. The van der Waals surface area contributed by atoms with E-state index in [1.54, 1.807) is 6.92 Å². The molecule has 2 N–H and O–H groups in total. The Morgan fingerprint density at radius 2 is 2.21 bits per heavy atom. The second kappa shape index (κ2) is 6.00. The minimum atomic E-state index is 0.0261. The van der Waals surface area contributed by atoms with E-state index in [1.165, 1.54) is 16.8 Å². The monoisotopic (exact) mass is 320 g/mol. The first-order chi connectivity index (χ1) is 11.7. The van der Waals surface area contributed by atoms with Crippen LogP contribution in [0.1, 0.15) is 18.1 Å². The lowest BCUT2D eigenvalue weighted by molar-refractivity contribution is -0.119. The van der Waals surface area contributed by atoms with Gasteiger partial charge in [-0.2, -0.15) is 5.10 Å². The number of para-hydroxylation sites is 1. The Labute approximate surface area is 140 Å². The van der Waals surface area contributed by atoms with Crippen molar-refractivity contribution < 1.29 is 4.79 Å². The van der Waals surface area contributed by atoms with Crippen molar-refractivity contribution in [2.45, 2.75) is 25.9 Å². The highest BCUT2D eigenvalue weighted by molar-refractivity contribution is 5.78. The van der Waals surface area contributed by atoms with Crippen LogP contribution in [0.2, 0.25) is 0 Å². The standard InChI is InChI=1S/C19H20N4O/c1-13(24)21-17-9-15-4-2-3-5-19(15)23(12-17)11-14-6-7-16-10-20-22-18(16)8-14/h2-8,10,17H,9,11-12H2,1H3,(H,20,22)(H,21,24). The van der Waals surface area contributed by atoms with Crippen LogP contribution >= 0.6 is 0 Å². The molecule has 4 rings (SSSR count). The molecule has 0 radical (unpaired) electrons. The molecule has 1 aliphatic heterocycles. The van der Waals surface area contributed by atoms with Crippen LogP contribution in [0.25, 0.3) is 10.9 Å². The van der Waals surface area contributed by atoms with E-state index in [9.17, 15) is 4.79 Å². The zero-order chi connectivity index (χ0) is 16.5. The summed E-state index contributed by atoms with van der Waals surface area (Å²) in [6, 6.07) is 15.0. The first kappa shape index (κ1) is 14.8. The maximum Gasteiger partial charge on any atom is 0.217 e. The summed E-state index contributed by atoms with van der Waals surface area (Å²) in [7, 11) is 0. The van der Waals surface area contributed by atoms with Crippen LogP contribution in [0.4, 0.5) is 5.69 Å². The van der Waals surface area contributed by atoms with Gasteiger partial charge in [0.25, 0.3) is 0 Å². The molecular weight excluding hydrogens is 300 g/mol. The number of fused-ring (bicyclic) bond motifs is 2. The van der Waals surface area contributed by atoms with Crippen LogP contribution in [0, 0.1) is 0 Å². The lowest BCUT2D eigenvalue weighted by Crippen LogP contribution is -2.47. The van der Waals surface area contributed by atoms with E-state index < -0.39 is 0 Å². The number of carbonyl (C=O) groups is 1. The van der Waals surface area contributed by atoms with Crippen LogP contribution < -0.4 is 10.2 Å². The zero-order valence-corrected chi connectivity index (χ0v) is 13.6. The van der Waals surface area contributed by atoms with Crippen molar-refractivity contribution in [3.63, 3.8) is 0 Å². The van der Waals surface area contributed by atoms with Gasteiger partial charge in [-0.1, -0.05) is 30.3 Å². The molecule has 1 amide bonds. The third kappa shape index (κ3) is 2.85. The Morgan fingerprint density at radius 3 is 3.08 bits per heavy atom. The average molecular weight is 320 g/mol. The van der Waals surface area contributed by atoms with Gasteiger partial charge in [-0.05, 0) is 29.7 Å². The fraction of sp³-hybridized carbons (Fsp3) is 0.263. The van der Waals surface area contributed by atoms with Crippen LogP contribution in [0.3, 0.4) is 0 Å². The zero-order valence-electron chi connectivity index (χ0n) is 13.6. The molecule has 3 aromatic rings. The predicted octanol–water partition coefficient (Wildman–Crippen LogP) is 2.63. The van der Waals surface area contributed by atoms with Crippen molar-refractivity contribution in [3.05, 3.63) is 59.8 Å². The number of rotatable bonds is 3. The normalized spacial score (nSPS) is 16.9. The molecule has 1 atom stereocenters. The van der Waals surface area contributed by atoms with Gasteiger partial charge >= 0.3 is 0 Å². The number of amides is 1. The molecule has 0 saturated heterocycles. The maximum absolute atomic E-state index is 11.5. The number of aromatic nitrogens is 2. The first-order valence-corrected chi connectivity index (χ1v) is 8.21. The fourth-order valence-electron chi connectivity index (χ4n) is 3.52. The molecule has 0 spiro atoms. The summed E-state index contributed by atoms with van der Waals surface area (Å²) in [6.07, 6.45) is 2.72. The van der Waals surface area contributed by atoms with Crippen molar-refractivity contribution >= 4 is 22.5 Å². The molecule has 1 aromatic heterocycles. The second-order valence-electron chi connectivity index (χ2n) is 6.40. The Balaban J connectivity index is 1.63. The predicted molar refractivity (Wildman–Crippen MR) is 94.9 cm³/mol. The molecule has 0 saturated carbocycles. The van der Waals surface area contributed by atoms with E-state index >= 15 is 0 Å². The van der Waals surface area contributed by atoms with Crippen molar-refractivity contribution in [1.82, 2.24) is 15.5 Å². The third-order valence-corrected chi connectivity index (χ3v) is 4.53. The maximum atomic E-state index is 11.5. The van der Waals surface area contributed by atoms with Gasteiger partial charge in [-0.3, -0.25) is 9.89 Å². The highest BCUT2D eigenvalue weighted by atomic mass is 16.1. The van der Waals surface area contributed by atoms with Gasteiger partial charge in [-0.15, -0.1) is 0 Å². The molecule has 1 unspecified atom stereocenters.